The van der Waals surface area contributed by atoms with Gasteiger partial charge in [0.25, 0.3) is 0 Å². The molecule has 21 heavy (non-hydrogen) atoms. The minimum Gasteiger partial charge on any atom is -0.360 e. The summed E-state index contributed by atoms with van der Waals surface area (Å²) in [5, 5.41) is 8.74. The largest absolute Gasteiger partial charge is 0.360 e. The molecule has 1 heterocycles. The molecule has 0 bridgehead atoms. The van der Waals surface area contributed by atoms with Gasteiger partial charge in [0.15, 0.2) is 5.82 Å². The summed E-state index contributed by atoms with van der Waals surface area (Å²) in [6.07, 6.45) is 0. The molecule has 1 unspecified atom stereocenters. The molecule has 0 aliphatic rings. The Morgan fingerprint density at radius 2 is 2.19 bits per heavy atom. The monoisotopic (exact) mass is 314 g/mol. The van der Waals surface area contributed by atoms with Crippen molar-refractivity contribution in [1.82, 2.24) is 10.5 Å². The van der Waals surface area contributed by atoms with E-state index in [1.807, 2.05) is 13.8 Å². The Hall–Kier alpha value is -1.54. The highest BCUT2D eigenvalue weighted by molar-refractivity contribution is 8.01. The van der Waals surface area contributed by atoms with Crippen LogP contribution in [-0.4, -0.2) is 40.1 Å². The van der Waals surface area contributed by atoms with E-state index in [0.29, 0.717) is 18.1 Å². The molecule has 0 saturated carbocycles. The zero-order valence-corrected chi connectivity index (χ0v) is 13.5. The summed E-state index contributed by atoms with van der Waals surface area (Å²) < 4.78 is 4.86. The molecule has 0 aromatic carbocycles. The topological polar surface area (TPSA) is 110 Å². The van der Waals surface area contributed by atoms with Crippen molar-refractivity contribution in [1.29, 1.82) is 0 Å². The highest BCUT2D eigenvalue weighted by atomic mass is 32.2. The average Bonchev–Trinajstić information content (AvgIpc) is 2.80. The van der Waals surface area contributed by atoms with Crippen LogP contribution in [0, 0.1) is 6.92 Å². The molecule has 0 spiro atoms. The number of anilines is 1. The number of rotatable bonds is 7. The molecule has 0 aliphatic carbocycles. The van der Waals surface area contributed by atoms with Crippen molar-refractivity contribution in [3.05, 3.63) is 11.8 Å². The minimum absolute atomic E-state index is 0.146. The van der Waals surface area contributed by atoms with Crippen LogP contribution in [0.15, 0.2) is 10.6 Å². The van der Waals surface area contributed by atoms with Crippen LogP contribution in [0.5, 0.6) is 0 Å². The third kappa shape index (κ3) is 6.17. The van der Waals surface area contributed by atoms with Crippen molar-refractivity contribution >= 4 is 29.4 Å². The SMILES string of the molecule is Cc1cc(NC(=O)C(C)SCC(=O)NC(C)(C)CN)no1. The molecule has 7 nitrogen and oxygen atoms in total. The smallest absolute Gasteiger partial charge is 0.238 e. The number of aryl methyl sites for hydroxylation is 1. The Bertz CT molecular complexity index is 501. The lowest BCUT2D eigenvalue weighted by Crippen LogP contribution is -2.49. The highest BCUT2D eigenvalue weighted by Gasteiger charge is 2.20. The third-order valence-corrected chi connectivity index (χ3v) is 3.84. The molecule has 0 aliphatic heterocycles. The number of nitrogens with one attached hydrogen (secondary N) is 2. The summed E-state index contributed by atoms with van der Waals surface area (Å²) in [4.78, 5) is 23.7. The van der Waals surface area contributed by atoms with E-state index in [0.717, 1.165) is 0 Å². The third-order valence-electron chi connectivity index (χ3n) is 2.70. The predicted molar refractivity (Wildman–Crippen MR) is 83.1 cm³/mol. The van der Waals surface area contributed by atoms with Gasteiger partial charge in [-0.25, -0.2) is 0 Å². The Balaban J connectivity index is 2.37. The van der Waals surface area contributed by atoms with E-state index in [1.165, 1.54) is 11.8 Å². The zero-order valence-electron chi connectivity index (χ0n) is 12.7. The van der Waals surface area contributed by atoms with Crippen LogP contribution in [0.2, 0.25) is 0 Å². The van der Waals surface area contributed by atoms with Gasteiger partial charge in [0.2, 0.25) is 11.8 Å². The molecule has 1 rings (SSSR count). The average molecular weight is 314 g/mol. The maximum Gasteiger partial charge on any atom is 0.238 e. The van der Waals surface area contributed by atoms with Crippen LogP contribution < -0.4 is 16.4 Å². The Kier molecular flexibility index (Phi) is 6.22. The molecule has 118 valence electrons. The van der Waals surface area contributed by atoms with E-state index in [9.17, 15) is 9.59 Å². The molecule has 0 saturated heterocycles. The lowest BCUT2D eigenvalue weighted by atomic mass is 10.1. The maximum absolute atomic E-state index is 11.9. The molecular weight excluding hydrogens is 292 g/mol. The Morgan fingerprint density at radius 3 is 2.71 bits per heavy atom. The molecule has 1 aromatic rings. The molecule has 2 amide bonds. The van der Waals surface area contributed by atoms with Crippen molar-refractivity contribution in [2.24, 2.45) is 5.73 Å². The zero-order chi connectivity index (χ0) is 16.0. The van der Waals surface area contributed by atoms with E-state index >= 15 is 0 Å². The highest BCUT2D eigenvalue weighted by Crippen LogP contribution is 2.14. The van der Waals surface area contributed by atoms with Gasteiger partial charge in [-0.2, -0.15) is 0 Å². The number of amides is 2. The van der Waals surface area contributed by atoms with Gasteiger partial charge >= 0.3 is 0 Å². The van der Waals surface area contributed by atoms with Gasteiger partial charge in [-0.05, 0) is 27.7 Å². The molecular formula is C13H22N4O3S. The summed E-state index contributed by atoms with van der Waals surface area (Å²) in [5.74, 6) is 0.815. The first-order valence-corrected chi connectivity index (χ1v) is 7.65. The first kappa shape index (κ1) is 17.5. The van der Waals surface area contributed by atoms with Crippen molar-refractivity contribution in [3.63, 3.8) is 0 Å². The second-order valence-corrected chi connectivity index (χ2v) is 6.73. The fourth-order valence-electron chi connectivity index (χ4n) is 1.39. The normalized spacial score (nSPS) is 12.8. The number of hydrogen-bond acceptors (Lipinski definition) is 6. The van der Waals surface area contributed by atoms with Crippen molar-refractivity contribution in [3.8, 4) is 0 Å². The lowest BCUT2D eigenvalue weighted by Gasteiger charge is -2.24. The number of nitrogens with zero attached hydrogens (tertiary/aromatic N) is 1. The summed E-state index contributed by atoms with van der Waals surface area (Å²) >= 11 is 1.25. The van der Waals surface area contributed by atoms with E-state index in [1.54, 1.807) is 19.9 Å². The molecule has 0 radical (unpaired) electrons. The van der Waals surface area contributed by atoms with Crippen molar-refractivity contribution in [2.75, 3.05) is 17.6 Å². The van der Waals surface area contributed by atoms with Crippen LogP contribution in [0.3, 0.4) is 0 Å². The van der Waals surface area contributed by atoms with Gasteiger partial charge in [0.05, 0.1) is 11.0 Å². The Morgan fingerprint density at radius 1 is 1.52 bits per heavy atom. The maximum atomic E-state index is 11.9. The number of carbonyl (C=O) groups excluding carboxylic acids is 2. The summed E-state index contributed by atoms with van der Waals surface area (Å²) in [6, 6.07) is 1.63. The summed E-state index contributed by atoms with van der Waals surface area (Å²) in [5.41, 5.74) is 5.10. The van der Waals surface area contributed by atoms with Gasteiger partial charge in [-0.15, -0.1) is 11.8 Å². The van der Waals surface area contributed by atoms with Crippen LogP contribution in [0.4, 0.5) is 5.82 Å². The fourth-order valence-corrected chi connectivity index (χ4v) is 2.08. The quantitative estimate of drug-likeness (QED) is 0.689. The molecule has 8 heteroatoms. The van der Waals surface area contributed by atoms with Crippen molar-refractivity contribution < 1.29 is 14.1 Å². The molecule has 1 aromatic heterocycles. The minimum atomic E-state index is -0.443. The van der Waals surface area contributed by atoms with Crippen LogP contribution >= 0.6 is 11.8 Å². The number of nitrogens with two attached hydrogens (primary N) is 1. The van der Waals surface area contributed by atoms with Crippen LogP contribution in [0.25, 0.3) is 0 Å². The molecule has 1 atom stereocenters. The predicted octanol–water partition coefficient (Wildman–Crippen LogP) is 0.897. The second kappa shape index (κ2) is 7.46. The Labute approximate surface area is 128 Å². The van der Waals surface area contributed by atoms with Crippen LogP contribution in [-0.2, 0) is 9.59 Å². The number of thioether (sulfide) groups is 1. The first-order chi connectivity index (χ1) is 9.73. The number of carbonyl (C=O) groups is 2. The van der Waals surface area contributed by atoms with E-state index in [-0.39, 0.29) is 22.8 Å². The second-order valence-electron chi connectivity index (χ2n) is 5.40. The number of aromatic nitrogens is 1. The number of hydrogen-bond donors (Lipinski definition) is 3. The van der Waals surface area contributed by atoms with Gasteiger partial charge < -0.3 is 20.9 Å². The van der Waals surface area contributed by atoms with E-state index in [2.05, 4.69) is 15.8 Å². The van der Waals surface area contributed by atoms with E-state index < -0.39 is 5.54 Å². The molecule has 4 N–H and O–H groups in total. The standard InChI is InChI=1S/C13H22N4O3S/c1-8-5-10(17-20-8)15-12(19)9(2)21-6-11(18)16-13(3,4)7-14/h5,9H,6-7,14H2,1-4H3,(H,16,18)(H,15,17,19). The molecule has 0 fully saturated rings. The van der Waals surface area contributed by atoms with Crippen molar-refractivity contribution in [2.45, 2.75) is 38.5 Å². The van der Waals surface area contributed by atoms with Gasteiger partial charge in [-0.1, -0.05) is 5.16 Å². The summed E-state index contributed by atoms with van der Waals surface area (Å²) in [7, 11) is 0. The lowest BCUT2D eigenvalue weighted by molar-refractivity contribution is -0.120. The van der Waals surface area contributed by atoms with E-state index in [4.69, 9.17) is 10.3 Å². The van der Waals surface area contributed by atoms with Gasteiger partial charge in [0, 0.05) is 18.2 Å². The van der Waals surface area contributed by atoms with Crippen LogP contribution in [0.1, 0.15) is 26.5 Å². The van der Waals surface area contributed by atoms with Gasteiger partial charge in [0.1, 0.15) is 5.76 Å². The van der Waals surface area contributed by atoms with Gasteiger partial charge in [-0.3, -0.25) is 9.59 Å². The first-order valence-electron chi connectivity index (χ1n) is 6.60. The fraction of sp³-hybridized carbons (Fsp3) is 0.615. The summed E-state index contributed by atoms with van der Waals surface area (Å²) in [6.45, 7) is 7.51.